The van der Waals surface area contributed by atoms with Crippen LogP contribution in [-0.2, 0) is 16.4 Å². The lowest BCUT2D eigenvalue weighted by atomic mass is 10.1. The van der Waals surface area contributed by atoms with Gasteiger partial charge >= 0.3 is 6.61 Å². The Kier molecular flexibility index (Phi) is 5.88. The largest absolute Gasteiger partial charge is 0.454 e. The zero-order chi connectivity index (χ0) is 19.4. The molecule has 27 heavy (non-hydrogen) atoms. The maximum absolute atomic E-state index is 12.7. The van der Waals surface area contributed by atoms with Gasteiger partial charge in [-0.05, 0) is 18.4 Å². The highest BCUT2D eigenvalue weighted by Crippen LogP contribution is 2.38. The quantitative estimate of drug-likeness (QED) is 0.541. The van der Waals surface area contributed by atoms with Gasteiger partial charge in [0.25, 0.3) is 0 Å². The maximum Gasteiger partial charge on any atom is 0.387 e. The number of alkyl halides is 2. The molecule has 0 radical (unpaired) electrons. The molecule has 1 aromatic rings. The van der Waals surface area contributed by atoms with E-state index < -0.39 is 16.4 Å². The van der Waals surface area contributed by atoms with Crippen LogP contribution in [0.3, 0.4) is 0 Å². The van der Waals surface area contributed by atoms with Gasteiger partial charge in [0.1, 0.15) is 5.75 Å². The molecule has 1 saturated heterocycles. The van der Waals surface area contributed by atoms with Crippen molar-refractivity contribution >= 4 is 15.8 Å². The van der Waals surface area contributed by atoms with Gasteiger partial charge < -0.3 is 24.8 Å². The van der Waals surface area contributed by atoms with Gasteiger partial charge in [0, 0.05) is 31.8 Å². The van der Waals surface area contributed by atoms with Gasteiger partial charge in [0.15, 0.2) is 27.3 Å². The van der Waals surface area contributed by atoms with Gasteiger partial charge in [-0.15, -0.1) is 0 Å². The van der Waals surface area contributed by atoms with Crippen LogP contribution in [0.2, 0.25) is 0 Å². The summed E-state index contributed by atoms with van der Waals surface area (Å²) in [5.41, 5.74) is 0.450. The molecule has 2 N–H and O–H groups in total. The van der Waals surface area contributed by atoms with Crippen molar-refractivity contribution in [2.75, 3.05) is 31.9 Å². The van der Waals surface area contributed by atoms with Crippen LogP contribution < -0.4 is 24.8 Å². The molecule has 0 saturated carbocycles. The van der Waals surface area contributed by atoms with Crippen LogP contribution in [0.4, 0.5) is 8.78 Å². The lowest BCUT2D eigenvalue weighted by molar-refractivity contribution is -0.0505. The third kappa shape index (κ3) is 5.12. The molecular formula is C16H21F2N3O5S. The summed E-state index contributed by atoms with van der Waals surface area (Å²) < 4.78 is 63.4. The Balaban J connectivity index is 1.60. The van der Waals surface area contributed by atoms with Crippen molar-refractivity contribution < 1.29 is 31.4 Å². The zero-order valence-electron chi connectivity index (χ0n) is 14.7. The molecule has 1 atom stereocenters. The van der Waals surface area contributed by atoms with Crippen LogP contribution in [0.15, 0.2) is 17.1 Å². The van der Waals surface area contributed by atoms with Crippen molar-refractivity contribution in [1.82, 2.24) is 10.6 Å². The lowest BCUT2D eigenvalue weighted by Crippen LogP contribution is -2.39. The minimum absolute atomic E-state index is 0.0147. The number of hydrogen-bond donors (Lipinski definition) is 2. The number of hydrogen-bond acceptors (Lipinski definition) is 6. The highest BCUT2D eigenvalue weighted by molar-refractivity contribution is 7.91. The number of sulfone groups is 1. The first-order valence-corrected chi connectivity index (χ1v) is 10.2. The number of halogens is 2. The zero-order valence-corrected chi connectivity index (χ0v) is 15.5. The summed E-state index contributed by atoms with van der Waals surface area (Å²) in [7, 11) is -1.38. The predicted molar refractivity (Wildman–Crippen MR) is 94.2 cm³/mol. The van der Waals surface area contributed by atoms with Crippen molar-refractivity contribution in [3.05, 3.63) is 17.7 Å². The molecule has 11 heteroatoms. The Labute approximate surface area is 155 Å². The van der Waals surface area contributed by atoms with Gasteiger partial charge in [-0.25, -0.2) is 8.42 Å². The molecule has 150 valence electrons. The average Bonchev–Trinajstić information content (AvgIpc) is 3.19. The van der Waals surface area contributed by atoms with Crippen LogP contribution >= 0.6 is 0 Å². The van der Waals surface area contributed by atoms with Gasteiger partial charge in [-0.3, -0.25) is 4.99 Å². The number of guanidine groups is 1. The van der Waals surface area contributed by atoms with E-state index in [4.69, 9.17) is 9.47 Å². The molecule has 0 aliphatic carbocycles. The molecule has 1 unspecified atom stereocenters. The standard InChI is InChI=1S/C16H21F2N3O5S/c1-19-16(20-6-10-2-3-27(22,23)8-10)21-7-11-4-13-14(25-9-24-13)5-12(11)26-15(17)18/h4-5,10,15H,2-3,6-9H2,1H3,(H2,19,20,21). The minimum Gasteiger partial charge on any atom is -0.454 e. The Morgan fingerprint density at radius 2 is 2.07 bits per heavy atom. The molecule has 2 heterocycles. The minimum atomic E-state index is -2.97. The first kappa shape index (κ1) is 19.5. The number of rotatable bonds is 6. The summed E-state index contributed by atoms with van der Waals surface area (Å²) in [6, 6.07) is 2.94. The third-order valence-electron chi connectivity index (χ3n) is 4.33. The van der Waals surface area contributed by atoms with E-state index in [1.807, 2.05) is 0 Å². The molecule has 0 spiro atoms. The Morgan fingerprint density at radius 1 is 1.33 bits per heavy atom. The Bertz CT molecular complexity index is 817. The van der Waals surface area contributed by atoms with E-state index in [2.05, 4.69) is 20.4 Å². The normalized spacial score (nSPS) is 20.7. The van der Waals surface area contributed by atoms with E-state index in [0.717, 1.165) is 0 Å². The molecule has 2 aliphatic rings. The Hall–Kier alpha value is -2.30. The summed E-state index contributed by atoms with van der Waals surface area (Å²) in [5.74, 6) is 1.60. The van der Waals surface area contributed by atoms with Crippen LogP contribution in [0.5, 0.6) is 17.2 Å². The number of aliphatic imine (C=N–C) groups is 1. The van der Waals surface area contributed by atoms with E-state index in [0.29, 0.717) is 36.0 Å². The van der Waals surface area contributed by atoms with Crippen LogP contribution in [-0.4, -0.2) is 52.9 Å². The smallest absolute Gasteiger partial charge is 0.387 e. The number of nitrogens with one attached hydrogen (secondary N) is 2. The van der Waals surface area contributed by atoms with Crippen LogP contribution in [0.25, 0.3) is 0 Å². The van der Waals surface area contributed by atoms with Gasteiger partial charge in [0.05, 0.1) is 11.5 Å². The fourth-order valence-corrected chi connectivity index (χ4v) is 4.84. The van der Waals surface area contributed by atoms with Gasteiger partial charge in [-0.1, -0.05) is 0 Å². The van der Waals surface area contributed by atoms with E-state index in [1.165, 1.54) is 6.07 Å². The van der Waals surface area contributed by atoms with Crippen molar-refractivity contribution in [3.8, 4) is 17.2 Å². The first-order chi connectivity index (χ1) is 12.9. The van der Waals surface area contributed by atoms with Crippen molar-refractivity contribution in [3.63, 3.8) is 0 Å². The van der Waals surface area contributed by atoms with Crippen molar-refractivity contribution in [2.24, 2.45) is 10.9 Å². The van der Waals surface area contributed by atoms with Crippen molar-refractivity contribution in [1.29, 1.82) is 0 Å². The van der Waals surface area contributed by atoms with E-state index >= 15 is 0 Å². The molecule has 2 aliphatic heterocycles. The average molecular weight is 405 g/mol. The fourth-order valence-electron chi connectivity index (χ4n) is 2.98. The number of nitrogens with zero attached hydrogens (tertiary/aromatic N) is 1. The van der Waals surface area contributed by atoms with Crippen molar-refractivity contribution in [2.45, 2.75) is 19.6 Å². The topological polar surface area (TPSA) is 98.2 Å². The van der Waals surface area contributed by atoms with Gasteiger partial charge in [-0.2, -0.15) is 8.78 Å². The van der Waals surface area contributed by atoms with E-state index in [-0.39, 0.29) is 36.5 Å². The molecule has 0 aromatic heterocycles. The third-order valence-corrected chi connectivity index (χ3v) is 6.16. The summed E-state index contributed by atoms with van der Waals surface area (Å²) in [6.07, 6.45) is 0.612. The number of ether oxygens (including phenoxy) is 3. The first-order valence-electron chi connectivity index (χ1n) is 8.38. The molecule has 1 aromatic carbocycles. The maximum atomic E-state index is 12.7. The molecule has 8 nitrogen and oxygen atoms in total. The number of benzene rings is 1. The second kappa shape index (κ2) is 8.15. The molecule has 1 fully saturated rings. The van der Waals surface area contributed by atoms with Crippen LogP contribution in [0, 0.1) is 5.92 Å². The number of fused-ring (bicyclic) bond motifs is 1. The summed E-state index contributed by atoms with van der Waals surface area (Å²) >= 11 is 0. The van der Waals surface area contributed by atoms with E-state index in [1.54, 1.807) is 13.1 Å². The molecular weight excluding hydrogens is 384 g/mol. The summed E-state index contributed by atoms with van der Waals surface area (Å²) in [5, 5.41) is 6.06. The second-order valence-electron chi connectivity index (χ2n) is 6.27. The van der Waals surface area contributed by atoms with Crippen LogP contribution in [0.1, 0.15) is 12.0 Å². The summed E-state index contributed by atoms with van der Waals surface area (Å²) in [4.78, 5) is 4.06. The highest BCUT2D eigenvalue weighted by Gasteiger charge is 2.27. The lowest BCUT2D eigenvalue weighted by Gasteiger charge is -2.16. The summed E-state index contributed by atoms with van der Waals surface area (Å²) in [6.45, 7) is -2.33. The monoisotopic (exact) mass is 405 g/mol. The van der Waals surface area contributed by atoms with E-state index in [9.17, 15) is 17.2 Å². The predicted octanol–water partition coefficient (Wildman–Crippen LogP) is 1.12. The SMILES string of the molecule is CN=C(NCc1cc2c(cc1OC(F)F)OCO2)NCC1CCS(=O)(=O)C1. The van der Waals surface area contributed by atoms with Gasteiger partial charge in [0.2, 0.25) is 6.79 Å². The Morgan fingerprint density at radius 3 is 2.70 bits per heavy atom. The fraction of sp³-hybridized carbons (Fsp3) is 0.562. The second-order valence-corrected chi connectivity index (χ2v) is 8.50. The molecule has 3 rings (SSSR count). The molecule has 0 amide bonds. The highest BCUT2D eigenvalue weighted by atomic mass is 32.2. The molecule has 0 bridgehead atoms.